The van der Waals surface area contributed by atoms with Crippen LogP contribution in [-0.2, 0) is 0 Å². The van der Waals surface area contributed by atoms with Crippen molar-refractivity contribution in [3.8, 4) is 5.75 Å². The van der Waals surface area contributed by atoms with Gasteiger partial charge in [0.05, 0.1) is 0 Å². The van der Waals surface area contributed by atoms with Crippen LogP contribution < -0.4 is 21.0 Å². The Hall–Kier alpha value is -2.45. The van der Waals surface area contributed by atoms with Gasteiger partial charge in [0.15, 0.2) is 0 Å². The van der Waals surface area contributed by atoms with E-state index in [0.29, 0.717) is 17.0 Å². The van der Waals surface area contributed by atoms with E-state index in [9.17, 15) is 18.4 Å². The number of alkyl halides is 2. The third-order valence-corrected chi connectivity index (χ3v) is 4.43. The maximum Gasteiger partial charge on any atom is 0.387 e. The molecule has 9 heteroatoms. The van der Waals surface area contributed by atoms with Crippen LogP contribution in [0.25, 0.3) is 0 Å². The van der Waals surface area contributed by atoms with Crippen molar-refractivity contribution >= 4 is 24.0 Å². The summed E-state index contributed by atoms with van der Waals surface area (Å²) in [5, 5.41) is 5.83. The molecule has 0 bridgehead atoms. The molecule has 2 heterocycles. The molecule has 1 amide bonds. The first-order valence-electron chi connectivity index (χ1n) is 8.65. The first-order valence-corrected chi connectivity index (χ1v) is 8.65. The average Bonchev–Trinajstić information content (AvgIpc) is 2.63. The average molecular weight is 415 g/mol. The van der Waals surface area contributed by atoms with Gasteiger partial charge in [0.25, 0.3) is 5.91 Å². The minimum Gasteiger partial charge on any atom is -0.435 e. The largest absolute Gasteiger partial charge is 0.435 e. The molecule has 1 atom stereocenters. The molecular formula is C19H21ClF2N2O4. The van der Waals surface area contributed by atoms with E-state index in [-0.39, 0.29) is 29.6 Å². The Morgan fingerprint density at radius 3 is 2.61 bits per heavy atom. The Morgan fingerprint density at radius 1 is 1.32 bits per heavy atom. The van der Waals surface area contributed by atoms with Gasteiger partial charge in [0.2, 0.25) is 0 Å². The summed E-state index contributed by atoms with van der Waals surface area (Å²) >= 11 is 0. The molecule has 0 saturated carbocycles. The summed E-state index contributed by atoms with van der Waals surface area (Å²) in [6, 6.07) is 7.16. The lowest BCUT2D eigenvalue weighted by atomic mass is 9.95. The van der Waals surface area contributed by atoms with Gasteiger partial charge in [-0.05, 0) is 62.2 Å². The highest BCUT2D eigenvalue weighted by molar-refractivity contribution is 6.04. The van der Waals surface area contributed by atoms with Gasteiger partial charge in [-0.1, -0.05) is 0 Å². The number of nitrogens with one attached hydrogen (secondary N) is 2. The van der Waals surface area contributed by atoms with Crippen LogP contribution in [0.15, 0.2) is 39.5 Å². The highest BCUT2D eigenvalue weighted by atomic mass is 35.5. The minimum absolute atomic E-state index is 0. The van der Waals surface area contributed by atoms with Crippen LogP contribution >= 0.6 is 12.4 Å². The van der Waals surface area contributed by atoms with E-state index in [4.69, 9.17) is 4.42 Å². The fourth-order valence-corrected chi connectivity index (χ4v) is 3.12. The molecule has 1 fully saturated rings. The van der Waals surface area contributed by atoms with Gasteiger partial charge >= 0.3 is 12.2 Å². The second-order valence-electron chi connectivity index (χ2n) is 6.39. The summed E-state index contributed by atoms with van der Waals surface area (Å²) < 4.78 is 34.0. The molecule has 2 aromatic rings. The standard InChI is InChI=1S/C19H20F2N2O4.ClH/c1-11-9-15(12-3-2-8-22-10-12)27-18(25)16(11)17(24)23-13-4-6-14(7-5-13)26-19(20)21;/h4-7,9,12,19,22H,2-3,8,10H2,1H3,(H,23,24);1H. The van der Waals surface area contributed by atoms with E-state index in [1.54, 1.807) is 13.0 Å². The molecular weight excluding hydrogens is 394 g/mol. The topological polar surface area (TPSA) is 80.6 Å². The number of halogens is 3. The van der Waals surface area contributed by atoms with Gasteiger partial charge in [-0.25, -0.2) is 4.79 Å². The number of piperidine rings is 1. The molecule has 0 aliphatic carbocycles. The summed E-state index contributed by atoms with van der Waals surface area (Å²) in [5.74, 6) is 0.0561. The van der Waals surface area contributed by atoms with Crippen molar-refractivity contribution in [2.45, 2.75) is 32.3 Å². The predicted octanol–water partition coefficient (Wildman–Crippen LogP) is 3.69. The van der Waals surface area contributed by atoms with Crippen LogP contribution in [0.1, 0.15) is 40.4 Å². The van der Waals surface area contributed by atoms with E-state index < -0.39 is 18.1 Å². The number of anilines is 1. The highest BCUT2D eigenvalue weighted by Gasteiger charge is 2.22. The van der Waals surface area contributed by atoms with Gasteiger partial charge < -0.3 is 19.8 Å². The molecule has 1 aromatic heterocycles. The van der Waals surface area contributed by atoms with Crippen LogP contribution in [0.3, 0.4) is 0 Å². The van der Waals surface area contributed by atoms with Crippen molar-refractivity contribution in [1.29, 1.82) is 0 Å². The zero-order chi connectivity index (χ0) is 19.4. The number of benzene rings is 1. The Kier molecular flexibility index (Phi) is 7.53. The van der Waals surface area contributed by atoms with Gasteiger partial charge in [0, 0.05) is 18.2 Å². The Bertz CT molecular complexity index is 865. The van der Waals surface area contributed by atoms with E-state index in [0.717, 1.165) is 25.9 Å². The SMILES string of the molecule is Cc1cc(C2CCCNC2)oc(=O)c1C(=O)Nc1ccc(OC(F)F)cc1.Cl. The number of ether oxygens (including phenoxy) is 1. The quantitative estimate of drug-likeness (QED) is 0.780. The zero-order valence-electron chi connectivity index (χ0n) is 15.2. The fraction of sp³-hybridized carbons (Fsp3) is 0.368. The van der Waals surface area contributed by atoms with Crippen molar-refractivity contribution in [3.63, 3.8) is 0 Å². The van der Waals surface area contributed by atoms with Crippen LogP contribution in [-0.4, -0.2) is 25.6 Å². The first-order chi connectivity index (χ1) is 12.9. The van der Waals surface area contributed by atoms with E-state index in [1.807, 2.05) is 0 Å². The molecule has 1 aromatic carbocycles. The Labute approximate surface area is 166 Å². The summed E-state index contributed by atoms with van der Waals surface area (Å²) in [6.45, 7) is 0.448. The summed E-state index contributed by atoms with van der Waals surface area (Å²) in [7, 11) is 0. The second-order valence-corrected chi connectivity index (χ2v) is 6.39. The molecule has 3 rings (SSSR count). The van der Waals surface area contributed by atoms with Gasteiger partial charge in [-0.15, -0.1) is 12.4 Å². The lowest BCUT2D eigenvalue weighted by molar-refractivity contribution is -0.0498. The fourth-order valence-electron chi connectivity index (χ4n) is 3.12. The molecule has 152 valence electrons. The minimum atomic E-state index is -2.92. The molecule has 2 N–H and O–H groups in total. The maximum absolute atomic E-state index is 12.5. The van der Waals surface area contributed by atoms with E-state index in [2.05, 4.69) is 15.4 Å². The molecule has 6 nitrogen and oxygen atoms in total. The van der Waals surface area contributed by atoms with Crippen molar-refractivity contribution in [3.05, 3.63) is 57.6 Å². The smallest absolute Gasteiger partial charge is 0.387 e. The summed E-state index contributed by atoms with van der Waals surface area (Å²) in [6.07, 6.45) is 1.93. The Balaban J connectivity index is 0.00000280. The number of hydrogen-bond donors (Lipinski definition) is 2. The molecule has 0 radical (unpaired) electrons. The summed E-state index contributed by atoms with van der Waals surface area (Å²) in [4.78, 5) is 24.8. The third kappa shape index (κ3) is 5.30. The van der Waals surface area contributed by atoms with E-state index in [1.165, 1.54) is 24.3 Å². The number of carbonyl (C=O) groups is 1. The van der Waals surface area contributed by atoms with E-state index >= 15 is 0 Å². The Morgan fingerprint density at radius 2 is 2.04 bits per heavy atom. The number of carbonyl (C=O) groups excluding carboxylic acids is 1. The van der Waals surface area contributed by atoms with Crippen molar-refractivity contribution in [1.82, 2.24) is 5.32 Å². The number of aryl methyl sites for hydroxylation is 1. The number of amides is 1. The molecule has 1 aliphatic heterocycles. The first kappa shape index (κ1) is 21.8. The maximum atomic E-state index is 12.5. The van der Waals surface area contributed by atoms with Gasteiger partial charge in [-0.3, -0.25) is 4.79 Å². The normalized spacial score (nSPS) is 16.4. The second kappa shape index (κ2) is 9.66. The van der Waals surface area contributed by atoms with Crippen LogP contribution in [0.4, 0.5) is 14.5 Å². The van der Waals surface area contributed by atoms with Crippen LogP contribution in [0.2, 0.25) is 0 Å². The van der Waals surface area contributed by atoms with Crippen LogP contribution in [0.5, 0.6) is 5.75 Å². The molecule has 1 unspecified atom stereocenters. The van der Waals surface area contributed by atoms with Crippen LogP contribution in [0, 0.1) is 6.92 Å². The lowest BCUT2D eigenvalue weighted by Crippen LogP contribution is -2.30. The molecule has 1 saturated heterocycles. The van der Waals surface area contributed by atoms with Crippen molar-refractivity contribution in [2.75, 3.05) is 18.4 Å². The van der Waals surface area contributed by atoms with Gasteiger partial charge in [0.1, 0.15) is 17.1 Å². The molecule has 1 aliphatic rings. The number of rotatable bonds is 5. The monoisotopic (exact) mass is 414 g/mol. The predicted molar refractivity (Wildman–Crippen MR) is 103 cm³/mol. The summed E-state index contributed by atoms with van der Waals surface area (Å²) in [5.41, 5.74) is 0.115. The molecule has 0 spiro atoms. The zero-order valence-corrected chi connectivity index (χ0v) is 16.0. The number of hydrogen-bond acceptors (Lipinski definition) is 5. The highest BCUT2D eigenvalue weighted by Crippen LogP contribution is 2.24. The molecule has 28 heavy (non-hydrogen) atoms. The lowest BCUT2D eigenvalue weighted by Gasteiger charge is -2.22. The van der Waals surface area contributed by atoms with Gasteiger partial charge in [-0.2, -0.15) is 8.78 Å². The van der Waals surface area contributed by atoms with Crippen molar-refractivity contribution in [2.24, 2.45) is 0 Å². The third-order valence-electron chi connectivity index (χ3n) is 4.43. The van der Waals surface area contributed by atoms with Crippen molar-refractivity contribution < 1.29 is 22.7 Å².